The van der Waals surface area contributed by atoms with E-state index in [1.54, 1.807) is 12.1 Å². The summed E-state index contributed by atoms with van der Waals surface area (Å²) >= 11 is 0. The molecule has 1 aromatic rings. The molecular formula is C13H16N2O4. The first-order valence-corrected chi connectivity index (χ1v) is 5.58. The number of anilines is 1. The molecule has 0 aromatic heterocycles. The van der Waals surface area contributed by atoms with E-state index in [1.807, 2.05) is 0 Å². The third kappa shape index (κ3) is 4.11. The average molecular weight is 264 g/mol. The van der Waals surface area contributed by atoms with Gasteiger partial charge in [0.05, 0.1) is 24.9 Å². The van der Waals surface area contributed by atoms with Gasteiger partial charge in [-0.2, -0.15) is 0 Å². The minimum absolute atomic E-state index is 0.139. The van der Waals surface area contributed by atoms with E-state index in [9.17, 15) is 9.59 Å². The zero-order chi connectivity index (χ0) is 14.3. The first-order chi connectivity index (χ1) is 9.12. The highest BCUT2D eigenvalue weighted by Gasteiger charge is 2.12. The van der Waals surface area contributed by atoms with Crippen LogP contribution in [0.3, 0.4) is 0 Å². The highest BCUT2D eigenvalue weighted by molar-refractivity contribution is 5.95. The van der Waals surface area contributed by atoms with E-state index in [-0.39, 0.29) is 19.1 Å². The summed E-state index contributed by atoms with van der Waals surface area (Å²) in [6.07, 6.45) is 1.55. The van der Waals surface area contributed by atoms with Crippen molar-refractivity contribution in [2.24, 2.45) is 5.73 Å². The minimum atomic E-state index is -0.486. The van der Waals surface area contributed by atoms with Crippen LogP contribution in [0.1, 0.15) is 10.4 Å². The number of rotatable bonds is 6. The smallest absolute Gasteiger partial charge is 0.337 e. The van der Waals surface area contributed by atoms with Gasteiger partial charge in [-0.05, 0) is 18.2 Å². The van der Waals surface area contributed by atoms with Gasteiger partial charge in [-0.3, -0.25) is 4.79 Å². The Morgan fingerprint density at radius 1 is 1.47 bits per heavy atom. The van der Waals surface area contributed by atoms with E-state index in [1.165, 1.54) is 19.2 Å². The predicted octanol–water partition coefficient (Wildman–Crippen LogP) is 0.935. The molecule has 6 nitrogen and oxygen atoms in total. The Morgan fingerprint density at radius 2 is 2.21 bits per heavy atom. The van der Waals surface area contributed by atoms with Gasteiger partial charge in [0.2, 0.25) is 5.91 Å². The summed E-state index contributed by atoms with van der Waals surface area (Å²) in [5.41, 5.74) is 5.99. The molecule has 1 rings (SSSR count). The van der Waals surface area contributed by atoms with Crippen molar-refractivity contribution in [2.75, 3.05) is 25.6 Å². The molecule has 1 aromatic carbocycles. The van der Waals surface area contributed by atoms with E-state index >= 15 is 0 Å². The first-order valence-electron chi connectivity index (χ1n) is 5.58. The van der Waals surface area contributed by atoms with Crippen molar-refractivity contribution in [2.45, 2.75) is 0 Å². The molecule has 6 heteroatoms. The lowest BCUT2D eigenvalue weighted by atomic mass is 10.2. The summed E-state index contributed by atoms with van der Waals surface area (Å²) in [5.74, 6) is -0.487. The summed E-state index contributed by atoms with van der Waals surface area (Å²) in [5, 5.41) is 2.58. The number of methoxy groups -OCH3 is 1. The Hall–Kier alpha value is -2.34. The third-order valence-corrected chi connectivity index (χ3v) is 2.22. The summed E-state index contributed by atoms with van der Waals surface area (Å²) < 4.78 is 10.0. The van der Waals surface area contributed by atoms with Gasteiger partial charge in [-0.15, -0.1) is 0 Å². The van der Waals surface area contributed by atoms with Crippen molar-refractivity contribution >= 4 is 17.6 Å². The zero-order valence-electron chi connectivity index (χ0n) is 10.6. The number of benzene rings is 1. The number of nitrogens with two attached hydrogens (primary N) is 1. The molecule has 0 heterocycles. The second kappa shape index (κ2) is 7.17. The molecular weight excluding hydrogens is 248 g/mol. The van der Waals surface area contributed by atoms with Crippen LogP contribution in [-0.4, -0.2) is 32.1 Å². The number of amides is 1. The molecule has 0 aliphatic carbocycles. The highest BCUT2D eigenvalue weighted by Crippen LogP contribution is 2.26. The molecule has 0 saturated heterocycles. The molecule has 0 unspecified atom stereocenters. The van der Waals surface area contributed by atoms with Gasteiger partial charge in [-0.1, -0.05) is 12.7 Å². The Bertz CT molecular complexity index is 486. The molecule has 0 radical (unpaired) electrons. The van der Waals surface area contributed by atoms with Crippen LogP contribution in [0.25, 0.3) is 0 Å². The van der Waals surface area contributed by atoms with Gasteiger partial charge < -0.3 is 20.5 Å². The maximum Gasteiger partial charge on any atom is 0.337 e. The fraction of sp³-hybridized carbons (Fsp3) is 0.231. The van der Waals surface area contributed by atoms with Crippen LogP contribution in [0.2, 0.25) is 0 Å². The number of esters is 1. The number of carbonyl (C=O) groups is 2. The molecule has 0 spiro atoms. The fourth-order valence-corrected chi connectivity index (χ4v) is 1.34. The van der Waals surface area contributed by atoms with E-state index < -0.39 is 5.97 Å². The summed E-state index contributed by atoms with van der Waals surface area (Å²) in [4.78, 5) is 22.7. The van der Waals surface area contributed by atoms with Crippen molar-refractivity contribution in [1.82, 2.24) is 0 Å². The summed E-state index contributed by atoms with van der Waals surface area (Å²) in [7, 11) is 1.29. The van der Waals surface area contributed by atoms with Gasteiger partial charge in [0.25, 0.3) is 0 Å². The number of nitrogens with one attached hydrogen (secondary N) is 1. The van der Waals surface area contributed by atoms with E-state index in [4.69, 9.17) is 10.5 Å². The lowest BCUT2D eigenvalue weighted by Gasteiger charge is -2.12. The normalized spacial score (nSPS) is 9.58. The Morgan fingerprint density at radius 3 is 2.79 bits per heavy atom. The van der Waals surface area contributed by atoms with Crippen LogP contribution in [-0.2, 0) is 9.53 Å². The predicted molar refractivity (Wildman–Crippen MR) is 71.2 cm³/mol. The van der Waals surface area contributed by atoms with Crippen LogP contribution in [0.5, 0.6) is 5.75 Å². The maximum absolute atomic E-state index is 11.4. The molecule has 3 N–H and O–H groups in total. The van der Waals surface area contributed by atoms with Crippen LogP contribution in [0.15, 0.2) is 30.9 Å². The summed E-state index contributed by atoms with van der Waals surface area (Å²) in [6.45, 7) is 3.64. The number of hydrogen-bond acceptors (Lipinski definition) is 5. The quantitative estimate of drug-likeness (QED) is 0.589. The average Bonchev–Trinajstić information content (AvgIpc) is 2.45. The van der Waals surface area contributed by atoms with Crippen LogP contribution in [0.4, 0.5) is 5.69 Å². The lowest BCUT2D eigenvalue weighted by molar-refractivity contribution is -0.114. The van der Waals surface area contributed by atoms with Gasteiger partial charge in [0.1, 0.15) is 12.4 Å². The number of ether oxygens (including phenoxy) is 2. The Kier molecular flexibility index (Phi) is 5.56. The first kappa shape index (κ1) is 14.7. The van der Waals surface area contributed by atoms with E-state index in [0.29, 0.717) is 17.0 Å². The fourth-order valence-electron chi connectivity index (χ4n) is 1.34. The Balaban J connectivity index is 3.04. The van der Waals surface area contributed by atoms with Crippen molar-refractivity contribution in [1.29, 1.82) is 0 Å². The maximum atomic E-state index is 11.4. The second-order valence-electron chi connectivity index (χ2n) is 3.55. The molecule has 0 aliphatic rings. The van der Waals surface area contributed by atoms with Crippen LogP contribution < -0.4 is 15.8 Å². The lowest BCUT2D eigenvalue weighted by Crippen LogP contribution is -2.22. The molecule has 19 heavy (non-hydrogen) atoms. The molecule has 0 aliphatic heterocycles. The standard InChI is InChI=1S/C13H16N2O4/c1-3-6-19-11-7-9(13(17)18-2)4-5-10(11)15-12(16)8-14/h3-5,7H,1,6,8,14H2,2H3,(H,15,16). The van der Waals surface area contributed by atoms with Crippen molar-refractivity contribution in [3.05, 3.63) is 36.4 Å². The Labute approximate surface area is 111 Å². The molecule has 0 fully saturated rings. The van der Waals surface area contributed by atoms with Crippen molar-refractivity contribution < 1.29 is 19.1 Å². The molecule has 0 atom stereocenters. The van der Waals surface area contributed by atoms with Gasteiger partial charge >= 0.3 is 5.97 Å². The monoisotopic (exact) mass is 264 g/mol. The molecule has 0 saturated carbocycles. The number of hydrogen-bond donors (Lipinski definition) is 2. The van der Waals surface area contributed by atoms with Gasteiger partial charge in [-0.25, -0.2) is 4.79 Å². The molecule has 0 bridgehead atoms. The van der Waals surface area contributed by atoms with Crippen LogP contribution in [0, 0.1) is 0 Å². The second-order valence-corrected chi connectivity index (χ2v) is 3.55. The number of carbonyl (C=O) groups excluding carboxylic acids is 2. The topological polar surface area (TPSA) is 90.6 Å². The molecule has 1 amide bonds. The van der Waals surface area contributed by atoms with Crippen molar-refractivity contribution in [3.8, 4) is 5.75 Å². The van der Waals surface area contributed by atoms with Gasteiger partial charge in [0, 0.05) is 0 Å². The minimum Gasteiger partial charge on any atom is -0.487 e. The largest absolute Gasteiger partial charge is 0.487 e. The third-order valence-electron chi connectivity index (χ3n) is 2.22. The highest BCUT2D eigenvalue weighted by atomic mass is 16.5. The SMILES string of the molecule is C=CCOc1cc(C(=O)OC)ccc1NC(=O)CN. The zero-order valence-corrected chi connectivity index (χ0v) is 10.6. The van der Waals surface area contributed by atoms with E-state index in [2.05, 4.69) is 16.6 Å². The van der Waals surface area contributed by atoms with Crippen LogP contribution >= 0.6 is 0 Å². The summed E-state index contributed by atoms with van der Waals surface area (Å²) in [6, 6.07) is 4.57. The van der Waals surface area contributed by atoms with Gasteiger partial charge in [0.15, 0.2) is 0 Å². The van der Waals surface area contributed by atoms with Crippen molar-refractivity contribution in [3.63, 3.8) is 0 Å². The molecule has 102 valence electrons. The van der Waals surface area contributed by atoms with E-state index in [0.717, 1.165) is 0 Å².